The number of nitrogens with zero attached hydrogens (tertiary/aromatic N) is 2. The minimum absolute atomic E-state index is 0.0741. The molecule has 34 heavy (non-hydrogen) atoms. The molecule has 0 aliphatic carbocycles. The average molecular weight is 536 g/mol. The van der Waals surface area contributed by atoms with E-state index in [-0.39, 0.29) is 40.2 Å². The Morgan fingerprint density at radius 3 is 2.47 bits per heavy atom. The van der Waals surface area contributed by atoms with Crippen molar-refractivity contribution in [1.29, 1.82) is 0 Å². The maximum absolute atomic E-state index is 12.9. The van der Waals surface area contributed by atoms with Gasteiger partial charge in [-0.3, -0.25) is 10.4 Å². The summed E-state index contributed by atoms with van der Waals surface area (Å²) in [7, 11) is -7.89. The smallest absolute Gasteiger partial charge is 0.410 e. The summed E-state index contributed by atoms with van der Waals surface area (Å²) in [6, 6.07) is 7.22. The number of ether oxygens (including phenoxy) is 1. The topological polar surface area (TPSA) is 177 Å². The summed E-state index contributed by atoms with van der Waals surface area (Å²) in [5.74, 6) is 0. The van der Waals surface area contributed by atoms with Gasteiger partial charge < -0.3 is 9.64 Å². The first-order valence-electron chi connectivity index (χ1n) is 10.1. The van der Waals surface area contributed by atoms with Crippen molar-refractivity contribution in [3.05, 3.63) is 47.0 Å². The lowest BCUT2D eigenvalue weighted by Gasteiger charge is -2.35. The number of sulfonamides is 1. The van der Waals surface area contributed by atoms with Crippen molar-refractivity contribution in [2.24, 2.45) is 5.14 Å². The van der Waals surface area contributed by atoms with E-state index in [2.05, 4.69) is 4.84 Å². The molecule has 1 aromatic heterocycles. The number of sulfone groups is 1. The van der Waals surface area contributed by atoms with Gasteiger partial charge in [0.25, 0.3) is 0 Å². The van der Waals surface area contributed by atoms with E-state index < -0.39 is 42.6 Å². The van der Waals surface area contributed by atoms with Gasteiger partial charge in [-0.25, -0.2) is 31.6 Å². The van der Waals surface area contributed by atoms with Gasteiger partial charge in [0.2, 0.25) is 10.0 Å². The molecule has 1 amide bonds. The van der Waals surface area contributed by atoms with E-state index in [1.165, 1.54) is 17.9 Å². The molecule has 0 saturated heterocycles. The molecule has 0 spiro atoms. The molecule has 1 aliphatic heterocycles. The van der Waals surface area contributed by atoms with E-state index in [4.69, 9.17) is 20.3 Å². The zero-order valence-corrected chi connectivity index (χ0v) is 20.8. The van der Waals surface area contributed by atoms with Crippen LogP contribution in [0.1, 0.15) is 43.0 Å². The second kappa shape index (κ2) is 10.2. The summed E-state index contributed by atoms with van der Waals surface area (Å²) in [6.45, 7) is 3.17. The summed E-state index contributed by atoms with van der Waals surface area (Å²) in [4.78, 5) is 18.9. The van der Waals surface area contributed by atoms with E-state index >= 15 is 0 Å². The molecule has 4 N–H and O–H groups in total. The molecule has 12 nitrogen and oxygen atoms in total. The van der Waals surface area contributed by atoms with Crippen LogP contribution in [0, 0.1) is 0 Å². The Balaban J connectivity index is 1.82. The first-order valence-corrected chi connectivity index (χ1v) is 14.0. The van der Waals surface area contributed by atoms with Crippen LogP contribution >= 0.6 is 11.3 Å². The second-order valence-electron chi connectivity index (χ2n) is 7.65. The highest BCUT2D eigenvalue weighted by atomic mass is 32.3. The standard InChI is InChI=1S/C19H25N3O9S3/c1-3-21(19(23)30-10-13-5-4-6-14(8-13)11-31-22(24)25)16-7-12(2)33(26,27)18-15(16)9-17(32-18)34(20,28)29/h4-6,8-9,12,16,24-25H,3,7,10-11H2,1-2H3,(H2,20,28,29)/t12?,16-/m0/s1. The number of rotatable bonds is 8. The fourth-order valence-electron chi connectivity index (χ4n) is 3.65. The van der Waals surface area contributed by atoms with Crippen molar-refractivity contribution in [3.8, 4) is 0 Å². The van der Waals surface area contributed by atoms with Crippen LogP contribution in [0.3, 0.4) is 0 Å². The van der Waals surface area contributed by atoms with Crippen LogP contribution in [0.5, 0.6) is 0 Å². The lowest BCUT2D eigenvalue weighted by molar-refractivity contribution is -0.497. The summed E-state index contributed by atoms with van der Waals surface area (Å²) in [5, 5.41) is 21.3. The minimum Gasteiger partial charge on any atom is -0.445 e. The Bertz CT molecular complexity index is 1260. The zero-order chi connectivity index (χ0) is 25.3. The highest BCUT2D eigenvalue weighted by molar-refractivity contribution is 7.95. The Kier molecular flexibility index (Phi) is 7.99. The van der Waals surface area contributed by atoms with Crippen molar-refractivity contribution in [2.75, 3.05) is 6.54 Å². The molecular formula is C19H25N3O9S3. The molecule has 0 fully saturated rings. The number of fused-ring (bicyclic) bond motifs is 1. The molecule has 3 rings (SSSR count). The largest absolute Gasteiger partial charge is 0.445 e. The molecule has 1 unspecified atom stereocenters. The number of nitrogens with two attached hydrogens (primary N) is 1. The number of amides is 1. The molecule has 188 valence electrons. The van der Waals surface area contributed by atoms with E-state index in [1.807, 2.05) is 0 Å². The number of thiophene rings is 1. The van der Waals surface area contributed by atoms with E-state index in [0.29, 0.717) is 22.5 Å². The van der Waals surface area contributed by atoms with Crippen LogP contribution in [0.2, 0.25) is 0 Å². The fraction of sp³-hybridized carbons (Fsp3) is 0.421. The van der Waals surface area contributed by atoms with Gasteiger partial charge >= 0.3 is 6.09 Å². The molecule has 1 aromatic carbocycles. The first-order chi connectivity index (χ1) is 15.8. The molecule has 2 aromatic rings. The highest BCUT2D eigenvalue weighted by Gasteiger charge is 2.42. The SMILES string of the molecule is CCN(C(=O)OCc1cccc(CON(O)O)c1)[C@H]1CC(C)S(=O)(=O)c2sc(S(N)(=O)=O)cc21. The quantitative estimate of drug-likeness (QED) is 0.424. The maximum atomic E-state index is 12.9. The Hall–Kier alpha value is -2.11. The first kappa shape index (κ1) is 26.5. The molecule has 15 heteroatoms. The Morgan fingerprint density at radius 1 is 1.24 bits per heavy atom. The van der Waals surface area contributed by atoms with Crippen LogP contribution in [-0.4, -0.2) is 55.4 Å². The summed E-state index contributed by atoms with van der Waals surface area (Å²) in [6.07, 6.45) is -0.628. The van der Waals surface area contributed by atoms with Crippen LogP contribution in [0.15, 0.2) is 38.8 Å². The monoisotopic (exact) mass is 535 g/mol. The number of carbonyl (C=O) groups excluding carboxylic acids is 1. The molecular weight excluding hydrogens is 510 g/mol. The van der Waals surface area contributed by atoms with Crippen LogP contribution in [0.4, 0.5) is 4.79 Å². The van der Waals surface area contributed by atoms with Gasteiger partial charge in [-0.2, -0.15) is 0 Å². The van der Waals surface area contributed by atoms with Crippen molar-refractivity contribution in [3.63, 3.8) is 0 Å². The predicted octanol–water partition coefficient (Wildman–Crippen LogP) is 2.17. The van der Waals surface area contributed by atoms with E-state index in [1.54, 1.807) is 31.2 Å². The summed E-state index contributed by atoms with van der Waals surface area (Å²) < 4.78 is 54.3. The van der Waals surface area contributed by atoms with Crippen LogP contribution in [-0.2, 0) is 42.6 Å². The van der Waals surface area contributed by atoms with Crippen molar-refractivity contribution in [1.82, 2.24) is 10.3 Å². The summed E-state index contributed by atoms with van der Waals surface area (Å²) in [5.41, 5.74) is 1.42. The highest BCUT2D eigenvalue weighted by Crippen LogP contribution is 2.45. The third kappa shape index (κ3) is 5.75. The van der Waals surface area contributed by atoms with E-state index in [9.17, 15) is 21.6 Å². The van der Waals surface area contributed by atoms with Gasteiger partial charge in [0.15, 0.2) is 9.84 Å². The molecule has 0 saturated carbocycles. The minimum atomic E-state index is -4.13. The fourth-order valence-corrected chi connectivity index (χ4v) is 8.05. The number of hydrogen-bond donors (Lipinski definition) is 3. The number of benzene rings is 1. The van der Waals surface area contributed by atoms with Gasteiger partial charge in [-0.1, -0.05) is 24.3 Å². The van der Waals surface area contributed by atoms with Gasteiger partial charge in [0, 0.05) is 12.1 Å². The Morgan fingerprint density at radius 2 is 1.88 bits per heavy atom. The normalized spacial score (nSPS) is 19.6. The Labute approximate surface area is 200 Å². The molecule has 2 atom stereocenters. The zero-order valence-electron chi connectivity index (χ0n) is 18.3. The summed E-state index contributed by atoms with van der Waals surface area (Å²) >= 11 is 0.584. The number of hydrogen-bond acceptors (Lipinski definition) is 11. The third-order valence-electron chi connectivity index (χ3n) is 5.34. The van der Waals surface area contributed by atoms with Crippen LogP contribution < -0.4 is 5.14 Å². The lowest BCUT2D eigenvalue weighted by atomic mass is 10.0. The lowest BCUT2D eigenvalue weighted by Crippen LogP contribution is -2.40. The number of primary sulfonamides is 1. The second-order valence-corrected chi connectivity index (χ2v) is 13.0. The molecule has 2 heterocycles. The van der Waals surface area contributed by atoms with Gasteiger partial charge in [-0.05, 0) is 37.5 Å². The molecule has 0 bridgehead atoms. The van der Waals surface area contributed by atoms with E-state index in [0.717, 1.165) is 0 Å². The van der Waals surface area contributed by atoms with Crippen LogP contribution in [0.25, 0.3) is 0 Å². The van der Waals surface area contributed by atoms with Gasteiger partial charge in [-0.15, -0.1) is 11.3 Å². The maximum Gasteiger partial charge on any atom is 0.410 e. The van der Waals surface area contributed by atoms with Crippen molar-refractivity contribution in [2.45, 2.75) is 53.2 Å². The predicted molar refractivity (Wildman–Crippen MR) is 119 cm³/mol. The van der Waals surface area contributed by atoms with Gasteiger partial charge in [0.1, 0.15) is 15.0 Å². The third-order valence-corrected chi connectivity index (χ3v) is 10.7. The van der Waals surface area contributed by atoms with Crippen molar-refractivity contribution < 1.29 is 41.6 Å². The molecule has 0 radical (unpaired) electrons. The number of carbonyl (C=O) groups is 1. The molecule has 1 aliphatic rings. The van der Waals surface area contributed by atoms with Gasteiger partial charge in [0.05, 0.1) is 23.3 Å². The average Bonchev–Trinajstić information content (AvgIpc) is 3.23. The van der Waals surface area contributed by atoms with Crippen molar-refractivity contribution >= 4 is 37.3 Å².